The molecule has 4 heteroatoms. The molecule has 4 nitrogen and oxygen atoms in total. The molecule has 0 aromatic heterocycles. The first-order valence-electron chi connectivity index (χ1n) is 7.34. The van der Waals surface area contributed by atoms with Crippen LogP contribution in [-0.4, -0.2) is 43.3 Å². The molecule has 1 aromatic carbocycles. The van der Waals surface area contributed by atoms with Crippen molar-refractivity contribution in [1.29, 1.82) is 0 Å². The summed E-state index contributed by atoms with van der Waals surface area (Å²) in [6.07, 6.45) is 0. The molecule has 1 saturated heterocycles. The van der Waals surface area contributed by atoms with Crippen molar-refractivity contribution in [3.8, 4) is 5.75 Å². The molecule has 0 bridgehead atoms. The number of hydrogen-bond donors (Lipinski definition) is 1. The molecule has 1 heterocycles. The fraction of sp³-hybridized carbons (Fsp3) is 0.625. The van der Waals surface area contributed by atoms with E-state index in [9.17, 15) is 0 Å². The average molecular weight is 278 g/mol. The lowest BCUT2D eigenvalue weighted by molar-refractivity contribution is -0.0532. The molecule has 0 radical (unpaired) electrons. The van der Waals surface area contributed by atoms with Crippen LogP contribution in [0.25, 0.3) is 0 Å². The minimum atomic E-state index is -0.0462. The Hall–Kier alpha value is -1.10. The predicted molar refractivity (Wildman–Crippen MR) is 81.0 cm³/mol. The Morgan fingerprint density at radius 2 is 2.15 bits per heavy atom. The standard InChI is InChI=1S/C16H26N2O2/c1-4-20-15-8-6-5-7-13(15)14(17)11-18-9-10-19-12-16(18,2)3/h5-8,14H,4,9-12,17H2,1-3H3. The highest BCUT2D eigenvalue weighted by Gasteiger charge is 2.31. The lowest BCUT2D eigenvalue weighted by atomic mass is 9.99. The zero-order valence-electron chi connectivity index (χ0n) is 12.8. The van der Waals surface area contributed by atoms with Gasteiger partial charge < -0.3 is 15.2 Å². The highest BCUT2D eigenvalue weighted by Crippen LogP contribution is 2.27. The number of ether oxygens (including phenoxy) is 2. The molecule has 112 valence electrons. The largest absolute Gasteiger partial charge is 0.494 e. The Bertz CT molecular complexity index is 434. The molecule has 20 heavy (non-hydrogen) atoms. The van der Waals surface area contributed by atoms with E-state index in [1.165, 1.54) is 0 Å². The van der Waals surface area contributed by atoms with Crippen molar-refractivity contribution in [3.63, 3.8) is 0 Å². The van der Waals surface area contributed by atoms with Crippen LogP contribution in [0.1, 0.15) is 32.4 Å². The smallest absolute Gasteiger partial charge is 0.124 e. The normalized spacial score (nSPS) is 20.6. The fourth-order valence-corrected chi connectivity index (χ4v) is 2.64. The highest BCUT2D eigenvalue weighted by atomic mass is 16.5. The van der Waals surface area contributed by atoms with E-state index in [1.807, 2.05) is 25.1 Å². The van der Waals surface area contributed by atoms with Crippen LogP contribution in [0, 0.1) is 0 Å². The van der Waals surface area contributed by atoms with Gasteiger partial charge in [-0.25, -0.2) is 0 Å². The van der Waals surface area contributed by atoms with Gasteiger partial charge >= 0.3 is 0 Å². The second-order valence-corrected chi connectivity index (χ2v) is 5.89. The van der Waals surface area contributed by atoms with Gasteiger partial charge in [-0.05, 0) is 26.8 Å². The quantitative estimate of drug-likeness (QED) is 0.897. The van der Waals surface area contributed by atoms with Crippen LogP contribution in [0.3, 0.4) is 0 Å². The van der Waals surface area contributed by atoms with Gasteiger partial charge in [0.05, 0.1) is 19.8 Å². The molecule has 1 aliphatic heterocycles. The van der Waals surface area contributed by atoms with Gasteiger partial charge in [-0.2, -0.15) is 0 Å². The van der Waals surface area contributed by atoms with E-state index in [2.05, 4.69) is 24.8 Å². The third-order valence-electron chi connectivity index (χ3n) is 3.85. The van der Waals surface area contributed by atoms with Crippen LogP contribution in [0.2, 0.25) is 0 Å². The molecule has 2 N–H and O–H groups in total. The van der Waals surface area contributed by atoms with Crippen LogP contribution in [0.15, 0.2) is 24.3 Å². The van der Waals surface area contributed by atoms with Gasteiger partial charge in [0, 0.05) is 30.2 Å². The molecule has 1 unspecified atom stereocenters. The van der Waals surface area contributed by atoms with Crippen molar-refractivity contribution >= 4 is 0 Å². The monoisotopic (exact) mass is 278 g/mol. The number of hydrogen-bond acceptors (Lipinski definition) is 4. The van der Waals surface area contributed by atoms with Crippen molar-refractivity contribution < 1.29 is 9.47 Å². The molecular weight excluding hydrogens is 252 g/mol. The Morgan fingerprint density at radius 1 is 1.40 bits per heavy atom. The Kier molecular flexibility index (Phi) is 5.02. The molecular formula is C16H26N2O2. The summed E-state index contributed by atoms with van der Waals surface area (Å²) in [5.41, 5.74) is 7.53. The van der Waals surface area contributed by atoms with Crippen molar-refractivity contribution in [2.45, 2.75) is 32.4 Å². The summed E-state index contributed by atoms with van der Waals surface area (Å²) in [6.45, 7) is 10.3. The predicted octanol–water partition coefficient (Wildman–Crippen LogP) is 2.20. The zero-order chi connectivity index (χ0) is 14.6. The van der Waals surface area contributed by atoms with E-state index in [0.717, 1.165) is 37.6 Å². The number of nitrogens with two attached hydrogens (primary N) is 1. The Labute approximate surface area is 121 Å². The van der Waals surface area contributed by atoms with Gasteiger partial charge in [-0.15, -0.1) is 0 Å². The number of nitrogens with zero attached hydrogens (tertiary/aromatic N) is 1. The lowest BCUT2D eigenvalue weighted by Crippen LogP contribution is -2.54. The average Bonchev–Trinajstić information content (AvgIpc) is 2.42. The topological polar surface area (TPSA) is 47.7 Å². The van der Waals surface area contributed by atoms with Gasteiger partial charge in [0.15, 0.2) is 0 Å². The summed E-state index contributed by atoms with van der Waals surface area (Å²) in [5, 5.41) is 0. The van der Waals surface area contributed by atoms with Crippen LogP contribution < -0.4 is 10.5 Å². The minimum Gasteiger partial charge on any atom is -0.494 e. The zero-order valence-corrected chi connectivity index (χ0v) is 12.8. The number of para-hydroxylation sites is 1. The summed E-state index contributed by atoms with van der Waals surface area (Å²) in [6, 6.07) is 8.00. The van der Waals surface area contributed by atoms with Gasteiger partial charge in [-0.3, -0.25) is 4.90 Å². The van der Waals surface area contributed by atoms with E-state index in [1.54, 1.807) is 0 Å². The van der Waals surface area contributed by atoms with Crippen LogP contribution in [0.4, 0.5) is 0 Å². The van der Waals surface area contributed by atoms with Crippen molar-refractivity contribution in [2.24, 2.45) is 5.73 Å². The van der Waals surface area contributed by atoms with E-state index >= 15 is 0 Å². The maximum Gasteiger partial charge on any atom is 0.124 e. The first-order chi connectivity index (χ1) is 9.54. The Balaban J connectivity index is 2.09. The molecule has 1 fully saturated rings. The van der Waals surface area contributed by atoms with E-state index in [0.29, 0.717) is 6.61 Å². The highest BCUT2D eigenvalue weighted by molar-refractivity contribution is 5.36. The van der Waals surface area contributed by atoms with Gasteiger partial charge in [0.1, 0.15) is 5.75 Å². The minimum absolute atomic E-state index is 0.0381. The van der Waals surface area contributed by atoms with Crippen molar-refractivity contribution in [2.75, 3.05) is 32.9 Å². The molecule has 1 aliphatic rings. The second kappa shape index (κ2) is 6.57. The summed E-state index contributed by atoms with van der Waals surface area (Å²) < 4.78 is 11.2. The molecule has 1 aromatic rings. The number of morpholine rings is 1. The van der Waals surface area contributed by atoms with Crippen LogP contribution in [-0.2, 0) is 4.74 Å². The number of rotatable bonds is 5. The molecule has 2 rings (SSSR count). The van der Waals surface area contributed by atoms with Gasteiger partial charge in [0.25, 0.3) is 0 Å². The van der Waals surface area contributed by atoms with Crippen molar-refractivity contribution in [1.82, 2.24) is 4.90 Å². The summed E-state index contributed by atoms with van der Waals surface area (Å²) in [5.74, 6) is 0.897. The summed E-state index contributed by atoms with van der Waals surface area (Å²) in [4.78, 5) is 2.41. The van der Waals surface area contributed by atoms with Gasteiger partial charge in [0.2, 0.25) is 0 Å². The lowest BCUT2D eigenvalue weighted by Gasteiger charge is -2.43. The first-order valence-corrected chi connectivity index (χ1v) is 7.34. The van der Waals surface area contributed by atoms with Crippen LogP contribution >= 0.6 is 0 Å². The third-order valence-corrected chi connectivity index (χ3v) is 3.85. The summed E-state index contributed by atoms with van der Waals surface area (Å²) in [7, 11) is 0. The first kappa shape index (κ1) is 15.3. The molecule has 0 spiro atoms. The Morgan fingerprint density at radius 3 is 2.85 bits per heavy atom. The fourth-order valence-electron chi connectivity index (χ4n) is 2.64. The number of benzene rings is 1. The molecule has 0 saturated carbocycles. The van der Waals surface area contributed by atoms with E-state index in [4.69, 9.17) is 15.2 Å². The van der Waals surface area contributed by atoms with E-state index < -0.39 is 0 Å². The van der Waals surface area contributed by atoms with E-state index in [-0.39, 0.29) is 11.6 Å². The maximum absolute atomic E-state index is 6.42. The van der Waals surface area contributed by atoms with Crippen molar-refractivity contribution in [3.05, 3.63) is 29.8 Å². The van der Waals surface area contributed by atoms with Gasteiger partial charge in [-0.1, -0.05) is 18.2 Å². The molecule has 1 atom stereocenters. The maximum atomic E-state index is 6.42. The second-order valence-electron chi connectivity index (χ2n) is 5.89. The molecule has 0 aliphatic carbocycles. The SMILES string of the molecule is CCOc1ccccc1C(N)CN1CCOCC1(C)C. The summed E-state index contributed by atoms with van der Waals surface area (Å²) >= 11 is 0. The molecule has 0 amide bonds. The third kappa shape index (κ3) is 3.51. The van der Waals surface area contributed by atoms with Crippen LogP contribution in [0.5, 0.6) is 5.75 Å².